The van der Waals surface area contributed by atoms with Crippen molar-refractivity contribution in [2.75, 3.05) is 19.6 Å². The molecule has 0 aliphatic carbocycles. The Morgan fingerprint density at radius 3 is 2.44 bits per heavy atom. The maximum Gasteiger partial charge on any atom is 0.133 e. The Hall–Kier alpha value is -0.670. The SMILES string of the molecule is CCN(CC)CCc1nc(Cl)cc(CC(C)C)n1. The molecule has 1 aromatic heterocycles. The van der Waals surface area contributed by atoms with Gasteiger partial charge >= 0.3 is 0 Å². The first-order valence-electron chi connectivity index (χ1n) is 6.79. The summed E-state index contributed by atoms with van der Waals surface area (Å²) in [7, 11) is 0. The molecule has 0 aliphatic heterocycles. The Kier molecular flexibility index (Phi) is 6.58. The van der Waals surface area contributed by atoms with Crippen LogP contribution in [-0.4, -0.2) is 34.5 Å². The number of hydrogen-bond donors (Lipinski definition) is 0. The highest BCUT2D eigenvalue weighted by Crippen LogP contribution is 2.12. The van der Waals surface area contributed by atoms with Gasteiger partial charge in [-0.1, -0.05) is 39.3 Å². The van der Waals surface area contributed by atoms with Crippen LogP contribution >= 0.6 is 11.6 Å². The van der Waals surface area contributed by atoms with E-state index in [1.54, 1.807) is 0 Å². The topological polar surface area (TPSA) is 29.0 Å². The van der Waals surface area contributed by atoms with Crippen molar-refractivity contribution in [1.29, 1.82) is 0 Å². The molecule has 0 aromatic carbocycles. The summed E-state index contributed by atoms with van der Waals surface area (Å²) >= 11 is 6.05. The van der Waals surface area contributed by atoms with Crippen LogP contribution < -0.4 is 0 Å². The fraction of sp³-hybridized carbons (Fsp3) is 0.714. The Morgan fingerprint density at radius 2 is 1.89 bits per heavy atom. The molecular weight excluding hydrogens is 246 g/mol. The lowest BCUT2D eigenvalue weighted by Gasteiger charge is -2.17. The molecule has 0 saturated heterocycles. The number of rotatable bonds is 7. The van der Waals surface area contributed by atoms with E-state index < -0.39 is 0 Å². The second-order valence-corrected chi connectivity index (χ2v) is 5.36. The summed E-state index contributed by atoms with van der Waals surface area (Å²) < 4.78 is 0. The molecule has 0 spiro atoms. The number of hydrogen-bond acceptors (Lipinski definition) is 3. The summed E-state index contributed by atoms with van der Waals surface area (Å²) in [6.07, 6.45) is 1.83. The maximum atomic E-state index is 6.05. The monoisotopic (exact) mass is 269 g/mol. The molecule has 1 aromatic rings. The minimum Gasteiger partial charge on any atom is -0.303 e. The third-order valence-electron chi connectivity index (χ3n) is 2.96. The van der Waals surface area contributed by atoms with Crippen LogP contribution in [0.3, 0.4) is 0 Å². The molecule has 18 heavy (non-hydrogen) atoms. The molecule has 4 heteroatoms. The molecule has 0 radical (unpaired) electrons. The minimum atomic E-state index is 0.565. The van der Waals surface area contributed by atoms with Gasteiger partial charge in [0.1, 0.15) is 11.0 Å². The third-order valence-corrected chi connectivity index (χ3v) is 3.15. The van der Waals surface area contributed by atoms with E-state index in [0.717, 1.165) is 44.0 Å². The lowest BCUT2D eigenvalue weighted by molar-refractivity contribution is 0.305. The molecule has 0 bridgehead atoms. The summed E-state index contributed by atoms with van der Waals surface area (Å²) in [4.78, 5) is 11.3. The van der Waals surface area contributed by atoms with Gasteiger partial charge in [0.05, 0.1) is 0 Å². The van der Waals surface area contributed by atoms with E-state index in [2.05, 4.69) is 42.6 Å². The zero-order chi connectivity index (χ0) is 13.5. The lowest BCUT2D eigenvalue weighted by atomic mass is 10.1. The van der Waals surface area contributed by atoms with Gasteiger partial charge in [-0.05, 0) is 31.5 Å². The van der Waals surface area contributed by atoms with Crippen molar-refractivity contribution < 1.29 is 0 Å². The summed E-state index contributed by atoms with van der Waals surface area (Å²) in [5.74, 6) is 1.46. The van der Waals surface area contributed by atoms with E-state index in [1.165, 1.54) is 0 Å². The maximum absolute atomic E-state index is 6.05. The predicted octanol–water partition coefficient (Wildman–Crippen LogP) is 3.21. The van der Waals surface area contributed by atoms with E-state index in [9.17, 15) is 0 Å². The molecule has 3 nitrogen and oxygen atoms in total. The number of aromatic nitrogens is 2. The molecule has 0 fully saturated rings. The zero-order valence-electron chi connectivity index (χ0n) is 11.9. The van der Waals surface area contributed by atoms with Crippen LogP contribution in [0.2, 0.25) is 5.15 Å². The number of halogens is 1. The first-order chi connectivity index (χ1) is 8.55. The van der Waals surface area contributed by atoms with E-state index in [0.29, 0.717) is 11.1 Å². The van der Waals surface area contributed by atoms with Crippen LogP contribution in [0.25, 0.3) is 0 Å². The van der Waals surface area contributed by atoms with E-state index >= 15 is 0 Å². The second kappa shape index (κ2) is 7.70. The zero-order valence-corrected chi connectivity index (χ0v) is 12.7. The van der Waals surface area contributed by atoms with Crippen molar-refractivity contribution in [1.82, 2.24) is 14.9 Å². The van der Waals surface area contributed by atoms with Crippen molar-refractivity contribution >= 4 is 11.6 Å². The van der Waals surface area contributed by atoms with Gasteiger partial charge in [0.25, 0.3) is 0 Å². The fourth-order valence-electron chi connectivity index (χ4n) is 1.95. The Bertz CT molecular complexity index is 362. The molecule has 1 heterocycles. The summed E-state index contributed by atoms with van der Waals surface area (Å²) in [6, 6.07) is 1.88. The second-order valence-electron chi connectivity index (χ2n) is 4.97. The van der Waals surface area contributed by atoms with Gasteiger partial charge in [-0.2, -0.15) is 0 Å². The van der Waals surface area contributed by atoms with Crippen molar-refractivity contribution in [2.24, 2.45) is 5.92 Å². The van der Waals surface area contributed by atoms with E-state index in [1.807, 2.05) is 6.07 Å². The normalized spacial score (nSPS) is 11.5. The van der Waals surface area contributed by atoms with Gasteiger partial charge < -0.3 is 4.90 Å². The van der Waals surface area contributed by atoms with Crippen LogP contribution in [0.1, 0.15) is 39.2 Å². The quantitative estimate of drug-likeness (QED) is 0.712. The first-order valence-corrected chi connectivity index (χ1v) is 7.17. The Labute approximate surface area is 116 Å². The highest BCUT2D eigenvalue weighted by molar-refractivity contribution is 6.29. The van der Waals surface area contributed by atoms with Crippen molar-refractivity contribution in [3.63, 3.8) is 0 Å². The fourth-order valence-corrected chi connectivity index (χ4v) is 2.17. The lowest BCUT2D eigenvalue weighted by Crippen LogP contribution is -2.26. The minimum absolute atomic E-state index is 0.565. The molecule has 0 amide bonds. The number of nitrogens with zero attached hydrogens (tertiary/aromatic N) is 3. The van der Waals surface area contributed by atoms with Crippen LogP contribution in [0.15, 0.2) is 6.07 Å². The molecule has 102 valence electrons. The third kappa shape index (κ3) is 5.32. The van der Waals surface area contributed by atoms with Gasteiger partial charge in [0.15, 0.2) is 0 Å². The van der Waals surface area contributed by atoms with Crippen LogP contribution in [0, 0.1) is 5.92 Å². The van der Waals surface area contributed by atoms with Crippen molar-refractivity contribution in [3.8, 4) is 0 Å². The van der Waals surface area contributed by atoms with Gasteiger partial charge in [0.2, 0.25) is 0 Å². The summed E-state index contributed by atoms with van der Waals surface area (Å²) in [5.41, 5.74) is 1.06. The Morgan fingerprint density at radius 1 is 1.22 bits per heavy atom. The first kappa shape index (κ1) is 15.4. The molecule has 0 saturated carbocycles. The highest BCUT2D eigenvalue weighted by atomic mass is 35.5. The van der Waals surface area contributed by atoms with Gasteiger partial charge in [-0.3, -0.25) is 0 Å². The van der Waals surface area contributed by atoms with Gasteiger partial charge in [-0.25, -0.2) is 9.97 Å². The van der Waals surface area contributed by atoms with Crippen LogP contribution in [0.4, 0.5) is 0 Å². The molecule has 1 rings (SSSR count). The standard InChI is InChI=1S/C14H24ClN3/c1-5-18(6-2)8-7-14-16-12(9-11(3)4)10-13(15)17-14/h10-11H,5-9H2,1-4H3. The molecule has 0 atom stereocenters. The summed E-state index contributed by atoms with van der Waals surface area (Å²) in [5, 5.41) is 0.565. The largest absolute Gasteiger partial charge is 0.303 e. The van der Waals surface area contributed by atoms with Crippen molar-refractivity contribution in [3.05, 3.63) is 22.7 Å². The Balaban J connectivity index is 2.67. The average Bonchev–Trinajstić information content (AvgIpc) is 2.28. The van der Waals surface area contributed by atoms with Gasteiger partial charge in [-0.15, -0.1) is 0 Å². The van der Waals surface area contributed by atoms with E-state index in [4.69, 9.17) is 11.6 Å². The van der Waals surface area contributed by atoms with Gasteiger partial charge in [0, 0.05) is 18.7 Å². The van der Waals surface area contributed by atoms with Crippen LogP contribution in [0.5, 0.6) is 0 Å². The molecule has 0 aliphatic rings. The summed E-state index contributed by atoms with van der Waals surface area (Å²) in [6.45, 7) is 11.8. The van der Waals surface area contributed by atoms with Crippen molar-refractivity contribution in [2.45, 2.75) is 40.5 Å². The molecule has 0 unspecified atom stereocenters. The number of likely N-dealkylation sites (N-methyl/N-ethyl adjacent to an activating group) is 1. The smallest absolute Gasteiger partial charge is 0.133 e. The molecule has 0 N–H and O–H groups in total. The highest BCUT2D eigenvalue weighted by Gasteiger charge is 2.07. The van der Waals surface area contributed by atoms with E-state index in [-0.39, 0.29) is 0 Å². The predicted molar refractivity (Wildman–Crippen MR) is 77.1 cm³/mol. The molecular formula is C14H24ClN3. The van der Waals surface area contributed by atoms with Crippen LogP contribution in [-0.2, 0) is 12.8 Å². The average molecular weight is 270 g/mol.